The van der Waals surface area contributed by atoms with Crippen LogP contribution < -0.4 is 0 Å². The predicted octanol–water partition coefficient (Wildman–Crippen LogP) is 1.48. The van der Waals surface area contributed by atoms with Gasteiger partial charge in [-0.1, -0.05) is 18.3 Å². The summed E-state index contributed by atoms with van der Waals surface area (Å²) in [4.78, 5) is 23.2. The third-order valence-corrected chi connectivity index (χ3v) is 2.65. The van der Waals surface area contributed by atoms with E-state index in [4.69, 9.17) is 11.6 Å². The first kappa shape index (κ1) is 9.61. The highest BCUT2D eigenvalue weighted by Gasteiger charge is 2.29. The molecule has 2 amide bonds. The molecule has 0 aromatic rings. The minimum atomic E-state index is -0.203. The summed E-state index contributed by atoms with van der Waals surface area (Å²) < 4.78 is 0. The van der Waals surface area contributed by atoms with Crippen molar-refractivity contribution in [1.29, 1.82) is 0 Å². The lowest BCUT2D eigenvalue weighted by Gasteiger charge is -2.12. The van der Waals surface area contributed by atoms with E-state index in [2.05, 4.69) is 6.58 Å². The van der Waals surface area contributed by atoms with E-state index in [1.807, 2.05) is 0 Å². The lowest BCUT2D eigenvalue weighted by molar-refractivity contribution is -0.124. The third kappa shape index (κ3) is 2.01. The maximum absolute atomic E-state index is 11.0. The van der Waals surface area contributed by atoms with Crippen molar-refractivity contribution in [2.45, 2.75) is 0 Å². The van der Waals surface area contributed by atoms with Gasteiger partial charge < -0.3 is 0 Å². The fourth-order valence-corrected chi connectivity index (χ4v) is 1.61. The number of carbonyl (C=O) groups is 2. The number of alkyl halides is 1. The second-order valence-electron chi connectivity index (χ2n) is 2.42. The van der Waals surface area contributed by atoms with Crippen molar-refractivity contribution >= 4 is 34.5 Å². The van der Waals surface area contributed by atoms with E-state index in [0.717, 1.165) is 11.8 Å². The number of amides is 2. The van der Waals surface area contributed by atoms with Crippen molar-refractivity contribution in [3.05, 3.63) is 12.2 Å². The Bertz CT molecular complexity index is 226. The Kier molecular flexibility index (Phi) is 3.17. The Morgan fingerprint density at radius 2 is 2.33 bits per heavy atom. The van der Waals surface area contributed by atoms with E-state index in [0.29, 0.717) is 5.57 Å². The van der Waals surface area contributed by atoms with Crippen LogP contribution in [0, 0.1) is 0 Å². The summed E-state index contributed by atoms with van der Waals surface area (Å²) in [5, 5.41) is -0.203. The van der Waals surface area contributed by atoms with Crippen LogP contribution in [0.1, 0.15) is 0 Å². The predicted molar refractivity (Wildman–Crippen MR) is 49.4 cm³/mol. The number of hydrogen-bond donors (Lipinski definition) is 0. The summed E-state index contributed by atoms with van der Waals surface area (Å²) in [6, 6.07) is 0. The third-order valence-electron chi connectivity index (χ3n) is 1.41. The van der Waals surface area contributed by atoms with Crippen molar-refractivity contribution in [1.82, 2.24) is 4.90 Å². The zero-order chi connectivity index (χ0) is 9.14. The highest BCUT2D eigenvalue weighted by atomic mass is 35.5. The van der Waals surface area contributed by atoms with Crippen LogP contribution >= 0.6 is 23.4 Å². The molecule has 0 aliphatic carbocycles. The van der Waals surface area contributed by atoms with Crippen LogP contribution in [0.4, 0.5) is 4.79 Å². The summed E-state index contributed by atoms with van der Waals surface area (Å²) in [6.07, 6.45) is 0. The van der Waals surface area contributed by atoms with Gasteiger partial charge in [-0.2, -0.15) is 0 Å². The lowest BCUT2D eigenvalue weighted by Crippen LogP contribution is -2.30. The van der Waals surface area contributed by atoms with Crippen molar-refractivity contribution in [3.63, 3.8) is 0 Å². The first-order valence-electron chi connectivity index (χ1n) is 3.35. The van der Waals surface area contributed by atoms with E-state index in [1.165, 1.54) is 4.90 Å². The molecule has 0 saturated carbocycles. The average Bonchev–Trinajstić information content (AvgIpc) is 2.35. The Hall–Kier alpha value is -0.480. The number of rotatable bonds is 3. The van der Waals surface area contributed by atoms with Gasteiger partial charge in [-0.3, -0.25) is 14.5 Å². The number of hydrogen-bond acceptors (Lipinski definition) is 3. The van der Waals surface area contributed by atoms with Gasteiger partial charge in [0, 0.05) is 5.88 Å². The second-order valence-corrected chi connectivity index (χ2v) is 3.61. The van der Waals surface area contributed by atoms with Gasteiger partial charge >= 0.3 is 0 Å². The average molecular weight is 206 g/mol. The number of thioether (sulfide) groups is 1. The summed E-state index contributed by atoms with van der Waals surface area (Å²) in [7, 11) is 0. The van der Waals surface area contributed by atoms with Gasteiger partial charge in [-0.25, -0.2) is 0 Å². The van der Waals surface area contributed by atoms with Crippen LogP contribution in [-0.2, 0) is 4.79 Å². The van der Waals surface area contributed by atoms with Gasteiger partial charge in [0.25, 0.3) is 5.24 Å². The highest BCUT2D eigenvalue weighted by Crippen LogP contribution is 2.19. The van der Waals surface area contributed by atoms with E-state index >= 15 is 0 Å². The topological polar surface area (TPSA) is 37.4 Å². The van der Waals surface area contributed by atoms with Crippen LogP contribution in [0.3, 0.4) is 0 Å². The number of carbonyl (C=O) groups excluding carboxylic acids is 2. The van der Waals surface area contributed by atoms with E-state index in [9.17, 15) is 9.59 Å². The molecule has 1 heterocycles. The van der Waals surface area contributed by atoms with Crippen molar-refractivity contribution in [2.75, 3.05) is 18.2 Å². The minimum Gasteiger partial charge on any atom is -0.273 e. The van der Waals surface area contributed by atoms with Crippen LogP contribution in [0.25, 0.3) is 0 Å². The zero-order valence-corrected chi connectivity index (χ0v) is 7.95. The monoisotopic (exact) mass is 205 g/mol. The molecular formula is C7H8ClNO2S. The van der Waals surface area contributed by atoms with Crippen LogP contribution in [0.15, 0.2) is 12.2 Å². The van der Waals surface area contributed by atoms with Crippen molar-refractivity contribution in [3.8, 4) is 0 Å². The first-order chi connectivity index (χ1) is 5.65. The van der Waals surface area contributed by atoms with E-state index in [-0.39, 0.29) is 29.3 Å². The zero-order valence-electron chi connectivity index (χ0n) is 6.38. The van der Waals surface area contributed by atoms with Crippen molar-refractivity contribution in [2.24, 2.45) is 0 Å². The number of nitrogens with zero attached hydrogens (tertiary/aromatic N) is 1. The van der Waals surface area contributed by atoms with Crippen LogP contribution in [0.2, 0.25) is 0 Å². The van der Waals surface area contributed by atoms with Gasteiger partial charge in [-0.05, 0) is 5.57 Å². The molecule has 3 nitrogen and oxygen atoms in total. The van der Waals surface area contributed by atoms with Gasteiger partial charge in [0.15, 0.2) is 0 Å². The van der Waals surface area contributed by atoms with Gasteiger partial charge in [0.05, 0.1) is 12.3 Å². The molecule has 1 rings (SSSR count). The van der Waals surface area contributed by atoms with Crippen LogP contribution in [-0.4, -0.2) is 34.2 Å². The highest BCUT2D eigenvalue weighted by molar-refractivity contribution is 8.14. The summed E-state index contributed by atoms with van der Waals surface area (Å²) in [6.45, 7) is 3.88. The Morgan fingerprint density at radius 1 is 1.67 bits per heavy atom. The molecule has 0 N–H and O–H groups in total. The number of imide groups is 1. The van der Waals surface area contributed by atoms with Gasteiger partial charge in [0.2, 0.25) is 5.91 Å². The molecule has 1 saturated heterocycles. The molecule has 0 aromatic heterocycles. The normalized spacial score (nSPS) is 17.2. The molecule has 0 bridgehead atoms. The smallest absolute Gasteiger partial charge is 0.273 e. The van der Waals surface area contributed by atoms with E-state index in [1.54, 1.807) is 0 Å². The molecule has 1 aliphatic rings. The molecule has 1 aliphatic heterocycles. The summed E-state index contributed by atoms with van der Waals surface area (Å²) >= 11 is 6.49. The minimum absolute atomic E-state index is 0.156. The molecular weight excluding hydrogens is 198 g/mol. The molecule has 0 spiro atoms. The summed E-state index contributed by atoms with van der Waals surface area (Å²) in [5.41, 5.74) is 0.681. The molecule has 0 unspecified atom stereocenters. The molecule has 12 heavy (non-hydrogen) atoms. The Morgan fingerprint density at radius 3 is 2.75 bits per heavy atom. The summed E-state index contributed by atoms with van der Waals surface area (Å²) in [5.74, 6) is 0.368. The quantitative estimate of drug-likeness (QED) is 0.517. The molecule has 66 valence electrons. The van der Waals surface area contributed by atoms with Gasteiger partial charge in [-0.15, -0.1) is 11.6 Å². The number of halogens is 1. The van der Waals surface area contributed by atoms with Crippen molar-refractivity contribution < 1.29 is 9.59 Å². The van der Waals surface area contributed by atoms with E-state index < -0.39 is 0 Å². The Balaban J connectivity index is 2.56. The molecule has 0 aromatic carbocycles. The fourth-order valence-electron chi connectivity index (χ4n) is 0.800. The first-order valence-corrected chi connectivity index (χ1v) is 4.87. The molecule has 0 atom stereocenters. The lowest BCUT2D eigenvalue weighted by atomic mass is 10.3. The Labute approximate surface area is 79.7 Å². The second kappa shape index (κ2) is 3.96. The fraction of sp³-hybridized carbons (Fsp3) is 0.429. The largest absolute Gasteiger partial charge is 0.289 e. The molecule has 5 heteroatoms. The maximum atomic E-state index is 11.0. The SMILES string of the molecule is C=C(CCl)CN1C(=O)CSC1=O. The maximum Gasteiger partial charge on any atom is 0.289 e. The molecule has 0 radical (unpaired) electrons. The van der Waals surface area contributed by atoms with Gasteiger partial charge in [0.1, 0.15) is 0 Å². The standard InChI is InChI=1S/C7H8ClNO2S/c1-5(2-8)3-9-6(10)4-12-7(9)11/h1-4H2. The van der Waals surface area contributed by atoms with Crippen LogP contribution in [0.5, 0.6) is 0 Å². The molecule has 1 fully saturated rings.